The highest BCUT2D eigenvalue weighted by molar-refractivity contribution is 6.37. The third kappa shape index (κ3) is 3.53. The lowest BCUT2D eigenvalue weighted by Crippen LogP contribution is -2.30. The summed E-state index contributed by atoms with van der Waals surface area (Å²) in [5, 5.41) is 0. The fraction of sp³-hybridized carbons (Fsp3) is 0.438. The number of aldehydes is 1. The van der Waals surface area contributed by atoms with Gasteiger partial charge in [0.1, 0.15) is 12.9 Å². The SMILES string of the molecule is C[C@@H](C=O)C(CCc1ccccc1)C(=O)C1=NCCO1. The predicted molar refractivity (Wildman–Crippen MR) is 76.7 cm³/mol. The molecule has 20 heavy (non-hydrogen) atoms. The van der Waals surface area contributed by atoms with Gasteiger partial charge < -0.3 is 9.53 Å². The fourth-order valence-corrected chi connectivity index (χ4v) is 2.34. The van der Waals surface area contributed by atoms with Crippen LogP contribution in [-0.4, -0.2) is 31.1 Å². The van der Waals surface area contributed by atoms with Crippen molar-refractivity contribution in [1.29, 1.82) is 0 Å². The van der Waals surface area contributed by atoms with Crippen LogP contribution in [0.2, 0.25) is 0 Å². The quantitative estimate of drug-likeness (QED) is 0.715. The molecule has 106 valence electrons. The second-order valence-corrected chi connectivity index (χ2v) is 5.03. The molecule has 1 heterocycles. The summed E-state index contributed by atoms with van der Waals surface area (Å²) >= 11 is 0. The Balaban J connectivity index is 2.04. The standard InChI is InChI=1S/C16H19NO3/c1-12(11-18)14(15(19)16-17-9-10-20-16)8-7-13-5-3-2-4-6-13/h2-6,11-12,14H,7-10H2,1H3/t12-,14?/m0/s1. The third-order valence-electron chi connectivity index (χ3n) is 3.57. The van der Waals surface area contributed by atoms with E-state index in [1.807, 2.05) is 30.3 Å². The molecule has 0 N–H and O–H groups in total. The van der Waals surface area contributed by atoms with Crippen molar-refractivity contribution in [2.24, 2.45) is 16.8 Å². The van der Waals surface area contributed by atoms with Gasteiger partial charge >= 0.3 is 0 Å². The van der Waals surface area contributed by atoms with Crippen LogP contribution in [0.1, 0.15) is 18.9 Å². The van der Waals surface area contributed by atoms with Crippen LogP contribution in [0.4, 0.5) is 0 Å². The van der Waals surface area contributed by atoms with Gasteiger partial charge in [-0.05, 0) is 18.4 Å². The molecule has 4 heteroatoms. The molecule has 4 nitrogen and oxygen atoms in total. The van der Waals surface area contributed by atoms with Gasteiger partial charge in [0.15, 0.2) is 0 Å². The van der Waals surface area contributed by atoms with E-state index in [9.17, 15) is 9.59 Å². The molecule has 0 saturated carbocycles. The van der Waals surface area contributed by atoms with Gasteiger partial charge in [-0.2, -0.15) is 0 Å². The molecule has 1 aromatic carbocycles. The number of carbonyl (C=O) groups is 2. The number of nitrogens with zero attached hydrogens (tertiary/aromatic N) is 1. The van der Waals surface area contributed by atoms with Crippen molar-refractivity contribution in [3.63, 3.8) is 0 Å². The maximum atomic E-state index is 12.4. The second-order valence-electron chi connectivity index (χ2n) is 5.03. The number of hydrogen-bond acceptors (Lipinski definition) is 4. The van der Waals surface area contributed by atoms with Gasteiger partial charge in [0.2, 0.25) is 5.78 Å². The normalized spacial score (nSPS) is 16.9. The van der Waals surface area contributed by atoms with Crippen molar-refractivity contribution in [2.45, 2.75) is 19.8 Å². The summed E-state index contributed by atoms with van der Waals surface area (Å²) < 4.78 is 5.23. The summed E-state index contributed by atoms with van der Waals surface area (Å²) in [6, 6.07) is 9.95. The average molecular weight is 273 g/mol. The number of aliphatic imine (C=N–C) groups is 1. The van der Waals surface area contributed by atoms with E-state index >= 15 is 0 Å². The van der Waals surface area contributed by atoms with Gasteiger partial charge in [0.05, 0.1) is 6.54 Å². The summed E-state index contributed by atoms with van der Waals surface area (Å²) in [6.45, 7) is 2.76. The van der Waals surface area contributed by atoms with E-state index in [1.54, 1.807) is 6.92 Å². The van der Waals surface area contributed by atoms with Crippen molar-refractivity contribution in [3.05, 3.63) is 35.9 Å². The van der Waals surface area contributed by atoms with Crippen LogP contribution in [0.25, 0.3) is 0 Å². The Labute approximate surface area is 118 Å². The summed E-state index contributed by atoms with van der Waals surface area (Å²) in [5.74, 6) is -0.627. The van der Waals surface area contributed by atoms with Crippen molar-refractivity contribution in [3.8, 4) is 0 Å². The number of ether oxygens (including phenoxy) is 1. The zero-order chi connectivity index (χ0) is 14.4. The van der Waals surface area contributed by atoms with E-state index in [2.05, 4.69) is 4.99 Å². The number of hydrogen-bond donors (Lipinski definition) is 0. The van der Waals surface area contributed by atoms with Gasteiger partial charge in [0, 0.05) is 11.8 Å². The predicted octanol–water partition coefficient (Wildman–Crippen LogP) is 2.07. The highest BCUT2D eigenvalue weighted by Gasteiger charge is 2.30. The van der Waals surface area contributed by atoms with E-state index in [0.29, 0.717) is 19.6 Å². The fourth-order valence-electron chi connectivity index (χ4n) is 2.34. The van der Waals surface area contributed by atoms with E-state index in [4.69, 9.17) is 4.74 Å². The number of Topliss-reactive ketones (excluding diaryl/α,β-unsaturated/α-hetero) is 1. The van der Waals surface area contributed by atoms with Crippen molar-refractivity contribution >= 4 is 18.0 Å². The molecule has 1 aliphatic rings. The maximum absolute atomic E-state index is 12.4. The van der Waals surface area contributed by atoms with Crippen LogP contribution < -0.4 is 0 Å². The highest BCUT2D eigenvalue weighted by Crippen LogP contribution is 2.20. The molecule has 0 aromatic heterocycles. The summed E-state index contributed by atoms with van der Waals surface area (Å²) in [5.41, 5.74) is 1.16. The molecule has 2 atom stereocenters. The summed E-state index contributed by atoms with van der Waals surface area (Å²) in [4.78, 5) is 27.5. The molecule has 0 aliphatic carbocycles. The molecule has 0 amide bonds. The lowest BCUT2D eigenvalue weighted by atomic mass is 9.85. The first-order valence-corrected chi connectivity index (χ1v) is 6.93. The molecule has 0 radical (unpaired) electrons. The Bertz CT molecular complexity index is 496. The van der Waals surface area contributed by atoms with Gasteiger partial charge in [-0.15, -0.1) is 0 Å². The van der Waals surface area contributed by atoms with Crippen LogP contribution in [0.3, 0.4) is 0 Å². The molecule has 2 rings (SSSR count). The number of ketones is 1. The van der Waals surface area contributed by atoms with Crippen molar-refractivity contribution in [2.75, 3.05) is 13.2 Å². The maximum Gasteiger partial charge on any atom is 0.253 e. The molecule has 0 fully saturated rings. The van der Waals surface area contributed by atoms with E-state index < -0.39 is 0 Å². The van der Waals surface area contributed by atoms with Crippen molar-refractivity contribution < 1.29 is 14.3 Å². The Morgan fingerprint density at radius 3 is 2.75 bits per heavy atom. The largest absolute Gasteiger partial charge is 0.473 e. The summed E-state index contributed by atoms with van der Waals surface area (Å²) in [6.07, 6.45) is 2.23. The number of rotatable bonds is 7. The smallest absolute Gasteiger partial charge is 0.253 e. The average Bonchev–Trinajstić information content (AvgIpc) is 3.02. The number of benzene rings is 1. The van der Waals surface area contributed by atoms with E-state index in [-0.39, 0.29) is 23.5 Å². The van der Waals surface area contributed by atoms with E-state index in [1.165, 1.54) is 0 Å². The van der Waals surface area contributed by atoms with Gasteiger partial charge in [-0.25, -0.2) is 4.99 Å². The van der Waals surface area contributed by atoms with Gasteiger partial charge in [-0.3, -0.25) is 4.79 Å². The molecule has 0 bridgehead atoms. The molecule has 0 spiro atoms. The molecule has 1 aliphatic heterocycles. The highest BCUT2D eigenvalue weighted by atomic mass is 16.5. The zero-order valence-electron chi connectivity index (χ0n) is 11.6. The van der Waals surface area contributed by atoms with Gasteiger partial charge in [-0.1, -0.05) is 37.3 Å². The van der Waals surface area contributed by atoms with Crippen LogP contribution in [0.15, 0.2) is 35.3 Å². The Morgan fingerprint density at radius 2 is 2.15 bits per heavy atom. The number of carbonyl (C=O) groups excluding carboxylic acids is 2. The Kier molecular flexibility index (Phi) is 5.04. The first-order valence-electron chi connectivity index (χ1n) is 6.93. The number of aryl methyl sites for hydroxylation is 1. The molecule has 1 unspecified atom stereocenters. The molecular weight excluding hydrogens is 254 g/mol. The van der Waals surface area contributed by atoms with Crippen LogP contribution in [0, 0.1) is 11.8 Å². The van der Waals surface area contributed by atoms with Crippen LogP contribution in [0.5, 0.6) is 0 Å². The third-order valence-corrected chi connectivity index (χ3v) is 3.57. The monoisotopic (exact) mass is 273 g/mol. The first-order chi connectivity index (χ1) is 9.72. The first kappa shape index (κ1) is 14.4. The second kappa shape index (κ2) is 6.98. The van der Waals surface area contributed by atoms with Crippen LogP contribution >= 0.6 is 0 Å². The lowest BCUT2D eigenvalue weighted by Gasteiger charge is -2.18. The Morgan fingerprint density at radius 1 is 1.40 bits per heavy atom. The molecule has 0 saturated heterocycles. The topological polar surface area (TPSA) is 55.7 Å². The molecule has 1 aromatic rings. The minimum Gasteiger partial charge on any atom is -0.473 e. The van der Waals surface area contributed by atoms with Crippen LogP contribution in [-0.2, 0) is 20.7 Å². The molecular formula is C16H19NO3. The lowest BCUT2D eigenvalue weighted by molar-refractivity contribution is -0.123. The van der Waals surface area contributed by atoms with Crippen molar-refractivity contribution in [1.82, 2.24) is 0 Å². The Hall–Kier alpha value is -1.97. The minimum absolute atomic E-state index is 0.141. The van der Waals surface area contributed by atoms with E-state index in [0.717, 1.165) is 18.3 Å². The van der Waals surface area contributed by atoms with Gasteiger partial charge in [0.25, 0.3) is 5.90 Å². The minimum atomic E-state index is -0.357. The summed E-state index contributed by atoms with van der Waals surface area (Å²) in [7, 11) is 0. The zero-order valence-corrected chi connectivity index (χ0v) is 11.6.